The Labute approximate surface area is 155 Å². The zero-order chi connectivity index (χ0) is 19.1. The maximum Gasteiger partial charge on any atom is 0.119 e. The summed E-state index contributed by atoms with van der Waals surface area (Å²) in [6.07, 6.45) is 1.25. The third-order valence-electron chi connectivity index (χ3n) is 2.62. The van der Waals surface area contributed by atoms with Crippen LogP contribution in [0.15, 0.2) is 48.5 Å². The highest BCUT2D eigenvalue weighted by atomic mass is 16.5. The molecule has 0 bridgehead atoms. The molecule has 0 unspecified atom stereocenters. The Kier molecular flexibility index (Phi) is 13.3. The Bertz CT molecular complexity index is 511. The summed E-state index contributed by atoms with van der Waals surface area (Å²) < 4.78 is 11.0. The van der Waals surface area contributed by atoms with Crippen molar-refractivity contribution in [3.05, 3.63) is 48.5 Å². The molecule has 0 amide bonds. The summed E-state index contributed by atoms with van der Waals surface area (Å²) >= 11 is 0. The summed E-state index contributed by atoms with van der Waals surface area (Å²) in [5, 5.41) is 0. The second-order valence-corrected chi connectivity index (χ2v) is 6.36. The standard InChI is InChI=1S/C16H18O2.C4H10.C3H8/c1-3-17-15-9-5-7-13(11-15)14-8-6-10-16(12-14)18-4-2;1-4(2)3;1-3-2/h5-12H,3-4H2,1-2H3;4H,1-3H3;3H2,1-2H3. The zero-order valence-corrected chi connectivity index (χ0v) is 17.1. The molecule has 0 heterocycles. The van der Waals surface area contributed by atoms with E-state index in [1.807, 2.05) is 38.1 Å². The van der Waals surface area contributed by atoms with E-state index in [1.165, 1.54) is 6.42 Å². The van der Waals surface area contributed by atoms with Crippen LogP contribution < -0.4 is 9.47 Å². The third kappa shape index (κ3) is 11.3. The highest BCUT2D eigenvalue weighted by molar-refractivity contribution is 5.66. The highest BCUT2D eigenvalue weighted by Crippen LogP contribution is 2.26. The maximum absolute atomic E-state index is 5.51. The molecule has 0 spiro atoms. The van der Waals surface area contributed by atoms with Crippen LogP contribution in [0.25, 0.3) is 11.1 Å². The van der Waals surface area contributed by atoms with Gasteiger partial charge in [0.1, 0.15) is 11.5 Å². The molecular weight excluding hydrogens is 308 g/mol. The van der Waals surface area contributed by atoms with Crippen LogP contribution in [-0.4, -0.2) is 13.2 Å². The Morgan fingerprint density at radius 2 is 1.00 bits per heavy atom. The second kappa shape index (κ2) is 14.4. The van der Waals surface area contributed by atoms with E-state index < -0.39 is 0 Å². The maximum atomic E-state index is 5.51. The van der Waals surface area contributed by atoms with Crippen LogP contribution >= 0.6 is 0 Å². The van der Waals surface area contributed by atoms with Gasteiger partial charge in [0.2, 0.25) is 0 Å². The Hall–Kier alpha value is -1.96. The minimum atomic E-state index is 0.683. The first-order chi connectivity index (χ1) is 12.0. The fourth-order valence-electron chi connectivity index (χ4n) is 1.86. The molecule has 2 rings (SSSR count). The summed E-state index contributed by atoms with van der Waals surface area (Å²) in [6.45, 7) is 16.1. The molecular formula is C23H36O2. The highest BCUT2D eigenvalue weighted by Gasteiger charge is 2.01. The van der Waals surface area contributed by atoms with Crippen molar-refractivity contribution < 1.29 is 9.47 Å². The fourth-order valence-corrected chi connectivity index (χ4v) is 1.86. The average Bonchev–Trinajstić information content (AvgIpc) is 2.56. The first kappa shape index (κ1) is 23.0. The summed E-state index contributed by atoms with van der Waals surface area (Å²) in [5.74, 6) is 2.63. The topological polar surface area (TPSA) is 18.5 Å². The zero-order valence-electron chi connectivity index (χ0n) is 17.1. The van der Waals surface area contributed by atoms with Gasteiger partial charge >= 0.3 is 0 Å². The molecule has 0 fully saturated rings. The molecule has 0 aliphatic carbocycles. The minimum Gasteiger partial charge on any atom is -0.494 e. The van der Waals surface area contributed by atoms with Gasteiger partial charge in [0, 0.05) is 0 Å². The van der Waals surface area contributed by atoms with Crippen molar-refractivity contribution in [3.8, 4) is 22.6 Å². The molecule has 0 aliphatic heterocycles. The monoisotopic (exact) mass is 344 g/mol. The lowest BCUT2D eigenvalue weighted by Gasteiger charge is -2.08. The van der Waals surface area contributed by atoms with Gasteiger partial charge in [-0.25, -0.2) is 0 Å². The molecule has 2 aromatic carbocycles. The van der Waals surface area contributed by atoms with Gasteiger partial charge in [-0.15, -0.1) is 0 Å². The van der Waals surface area contributed by atoms with Crippen LogP contribution in [0.5, 0.6) is 11.5 Å². The van der Waals surface area contributed by atoms with Crippen molar-refractivity contribution in [3.63, 3.8) is 0 Å². The fraction of sp³-hybridized carbons (Fsp3) is 0.478. The predicted octanol–water partition coefficient (Wildman–Crippen LogP) is 7.23. The molecule has 0 aliphatic rings. The van der Waals surface area contributed by atoms with Crippen molar-refractivity contribution in [2.75, 3.05) is 13.2 Å². The van der Waals surface area contributed by atoms with Gasteiger partial charge in [-0.05, 0) is 55.2 Å². The molecule has 2 nitrogen and oxygen atoms in total. The van der Waals surface area contributed by atoms with Gasteiger partial charge in [-0.1, -0.05) is 65.3 Å². The third-order valence-corrected chi connectivity index (χ3v) is 2.62. The summed E-state index contributed by atoms with van der Waals surface area (Å²) in [6, 6.07) is 16.2. The minimum absolute atomic E-state index is 0.683. The summed E-state index contributed by atoms with van der Waals surface area (Å²) in [7, 11) is 0. The lowest BCUT2D eigenvalue weighted by atomic mass is 10.1. The van der Waals surface area contributed by atoms with Crippen LogP contribution in [0.4, 0.5) is 0 Å². The van der Waals surface area contributed by atoms with Gasteiger partial charge < -0.3 is 9.47 Å². The number of rotatable bonds is 5. The van der Waals surface area contributed by atoms with Gasteiger partial charge in [0.15, 0.2) is 0 Å². The average molecular weight is 345 g/mol. The number of ether oxygens (including phenoxy) is 2. The van der Waals surface area contributed by atoms with Gasteiger partial charge in [0.05, 0.1) is 13.2 Å². The van der Waals surface area contributed by atoms with E-state index in [0.717, 1.165) is 28.5 Å². The smallest absolute Gasteiger partial charge is 0.119 e. The quantitative estimate of drug-likeness (QED) is 0.569. The molecule has 2 heteroatoms. The van der Waals surface area contributed by atoms with E-state index in [2.05, 4.69) is 58.9 Å². The molecule has 0 saturated carbocycles. The van der Waals surface area contributed by atoms with Crippen LogP contribution in [0.1, 0.15) is 54.9 Å². The van der Waals surface area contributed by atoms with Crippen LogP contribution in [0.3, 0.4) is 0 Å². The first-order valence-electron chi connectivity index (χ1n) is 9.44. The number of hydrogen-bond donors (Lipinski definition) is 0. The predicted molar refractivity (Wildman–Crippen MR) is 111 cm³/mol. The Morgan fingerprint density at radius 3 is 1.28 bits per heavy atom. The Morgan fingerprint density at radius 1 is 0.680 bits per heavy atom. The van der Waals surface area contributed by atoms with E-state index >= 15 is 0 Å². The van der Waals surface area contributed by atoms with E-state index in [0.29, 0.717) is 13.2 Å². The van der Waals surface area contributed by atoms with Gasteiger partial charge in [-0.3, -0.25) is 0 Å². The SMILES string of the molecule is CC(C)C.CCC.CCOc1cccc(-c2cccc(OCC)c2)c1. The van der Waals surface area contributed by atoms with Crippen molar-refractivity contribution in [1.82, 2.24) is 0 Å². The van der Waals surface area contributed by atoms with Crippen molar-refractivity contribution in [2.24, 2.45) is 5.92 Å². The van der Waals surface area contributed by atoms with Gasteiger partial charge in [0.25, 0.3) is 0 Å². The van der Waals surface area contributed by atoms with Crippen molar-refractivity contribution in [2.45, 2.75) is 54.9 Å². The van der Waals surface area contributed by atoms with Crippen molar-refractivity contribution >= 4 is 0 Å². The molecule has 2 aromatic rings. The van der Waals surface area contributed by atoms with Crippen LogP contribution in [-0.2, 0) is 0 Å². The molecule has 0 radical (unpaired) electrons. The van der Waals surface area contributed by atoms with Crippen LogP contribution in [0, 0.1) is 5.92 Å². The largest absolute Gasteiger partial charge is 0.494 e. The lowest BCUT2D eigenvalue weighted by molar-refractivity contribution is 0.339. The van der Waals surface area contributed by atoms with E-state index in [9.17, 15) is 0 Å². The normalized spacial score (nSPS) is 9.44. The molecule has 25 heavy (non-hydrogen) atoms. The number of benzene rings is 2. The van der Waals surface area contributed by atoms with Gasteiger partial charge in [-0.2, -0.15) is 0 Å². The van der Waals surface area contributed by atoms with E-state index in [-0.39, 0.29) is 0 Å². The van der Waals surface area contributed by atoms with E-state index in [4.69, 9.17) is 9.47 Å². The molecule has 140 valence electrons. The van der Waals surface area contributed by atoms with E-state index in [1.54, 1.807) is 0 Å². The summed E-state index contributed by atoms with van der Waals surface area (Å²) in [5.41, 5.74) is 2.28. The molecule has 0 saturated heterocycles. The number of hydrogen-bond acceptors (Lipinski definition) is 2. The molecule has 0 N–H and O–H groups in total. The lowest BCUT2D eigenvalue weighted by Crippen LogP contribution is -1.92. The Balaban J connectivity index is 0.000000708. The molecule has 0 atom stereocenters. The molecule has 0 aromatic heterocycles. The second-order valence-electron chi connectivity index (χ2n) is 6.36. The van der Waals surface area contributed by atoms with Crippen LogP contribution in [0.2, 0.25) is 0 Å². The first-order valence-corrected chi connectivity index (χ1v) is 9.44. The summed E-state index contributed by atoms with van der Waals surface area (Å²) in [4.78, 5) is 0. The van der Waals surface area contributed by atoms with Crippen molar-refractivity contribution in [1.29, 1.82) is 0 Å².